The molecule has 0 spiro atoms. The first-order valence-corrected chi connectivity index (χ1v) is 26.5. The number of hydrogen-bond acceptors (Lipinski definition) is 6. The monoisotopic (exact) mass is 863 g/mol. The van der Waals surface area contributed by atoms with Crippen molar-refractivity contribution in [2.75, 3.05) is 23.3 Å². The minimum Gasteiger partial charge on any atom is -0.506 e. The SMILES string of the molecule is CCC(C)(C)C(=O)Nc1cc(N(CCCC2CCCC2)CCCC2CCCC2)ccc1C1=C(O)C(=C2C(=O)N(C(C3CCCCC3)C3CCCCC3)N=C2CCC2CCCC2)C1=O. The lowest BCUT2D eigenvalue weighted by molar-refractivity contribution is -0.131. The van der Waals surface area contributed by atoms with Gasteiger partial charge in [-0.3, -0.25) is 14.4 Å². The second-order valence-electron chi connectivity index (χ2n) is 22.0. The number of Topliss-reactive ketones (excluding diaryl/α,β-unsaturated/α-hetero) is 1. The molecule has 0 atom stereocenters. The number of rotatable bonds is 19. The van der Waals surface area contributed by atoms with Crippen molar-refractivity contribution in [1.82, 2.24) is 5.01 Å². The van der Waals surface area contributed by atoms with Gasteiger partial charge in [-0.25, -0.2) is 5.01 Å². The van der Waals surface area contributed by atoms with Crippen LogP contribution in [0.1, 0.15) is 213 Å². The van der Waals surface area contributed by atoms with Gasteiger partial charge >= 0.3 is 0 Å². The first-order valence-electron chi connectivity index (χ1n) is 26.5. The van der Waals surface area contributed by atoms with Gasteiger partial charge in [0.05, 0.1) is 34.2 Å². The number of aliphatic hydroxyl groups is 1. The number of hydrogen-bond donors (Lipinski definition) is 2. The van der Waals surface area contributed by atoms with E-state index in [4.69, 9.17) is 5.10 Å². The maximum absolute atomic E-state index is 15.0. The highest BCUT2D eigenvalue weighted by Crippen LogP contribution is 2.47. The van der Waals surface area contributed by atoms with Crippen LogP contribution < -0.4 is 10.2 Å². The molecule has 346 valence electrons. The van der Waals surface area contributed by atoms with Gasteiger partial charge in [-0.2, -0.15) is 5.10 Å². The van der Waals surface area contributed by atoms with E-state index in [1.165, 1.54) is 128 Å². The molecule has 1 aromatic carbocycles. The molecular formula is C55H82N4O4. The van der Waals surface area contributed by atoms with Crippen molar-refractivity contribution in [3.63, 3.8) is 0 Å². The van der Waals surface area contributed by atoms with Gasteiger partial charge in [-0.05, 0) is 118 Å². The molecule has 5 saturated carbocycles. The van der Waals surface area contributed by atoms with Gasteiger partial charge in [-0.1, -0.05) is 136 Å². The van der Waals surface area contributed by atoms with E-state index in [0.29, 0.717) is 53.1 Å². The number of amides is 2. The molecule has 0 unspecified atom stereocenters. The topological polar surface area (TPSA) is 102 Å². The van der Waals surface area contributed by atoms with Crippen molar-refractivity contribution in [3.05, 3.63) is 40.7 Å². The summed E-state index contributed by atoms with van der Waals surface area (Å²) in [4.78, 5) is 46.3. The number of nitrogens with one attached hydrogen (secondary N) is 1. The average molecular weight is 863 g/mol. The van der Waals surface area contributed by atoms with Crippen molar-refractivity contribution in [2.45, 2.75) is 213 Å². The van der Waals surface area contributed by atoms with E-state index in [9.17, 15) is 14.7 Å². The first-order chi connectivity index (χ1) is 30.6. The van der Waals surface area contributed by atoms with Crippen LogP contribution in [0.5, 0.6) is 0 Å². The molecule has 0 radical (unpaired) electrons. The molecule has 1 aromatic rings. The number of carbonyl (C=O) groups is 3. The van der Waals surface area contributed by atoms with E-state index in [-0.39, 0.29) is 40.5 Å². The second kappa shape index (κ2) is 21.3. The number of allylic oxidation sites excluding steroid dienone is 2. The van der Waals surface area contributed by atoms with Gasteiger partial charge in [0.2, 0.25) is 11.7 Å². The lowest BCUT2D eigenvalue weighted by Gasteiger charge is -2.41. The number of nitrogens with zero attached hydrogens (tertiary/aromatic N) is 3. The average Bonchev–Trinajstić information content (AvgIpc) is 4.16. The Morgan fingerprint density at radius 3 is 1.75 bits per heavy atom. The van der Waals surface area contributed by atoms with Crippen LogP contribution in [0.15, 0.2) is 40.2 Å². The van der Waals surface area contributed by atoms with Crippen LogP contribution in [0.3, 0.4) is 0 Å². The van der Waals surface area contributed by atoms with Crippen LogP contribution in [-0.4, -0.2) is 52.6 Å². The molecule has 0 saturated heterocycles. The fraction of sp³-hybridized carbons (Fsp3) is 0.745. The quantitative estimate of drug-likeness (QED) is 0.135. The van der Waals surface area contributed by atoms with Gasteiger partial charge in [0, 0.05) is 29.8 Å². The summed E-state index contributed by atoms with van der Waals surface area (Å²) in [6.07, 6.45) is 34.5. The number of benzene rings is 1. The summed E-state index contributed by atoms with van der Waals surface area (Å²) in [7, 11) is 0. The summed E-state index contributed by atoms with van der Waals surface area (Å²) < 4.78 is 0. The van der Waals surface area contributed by atoms with Crippen molar-refractivity contribution in [3.8, 4) is 0 Å². The molecule has 8 rings (SSSR count). The van der Waals surface area contributed by atoms with Gasteiger partial charge in [0.25, 0.3) is 5.91 Å². The molecule has 7 aliphatic rings. The van der Waals surface area contributed by atoms with Crippen molar-refractivity contribution in [2.24, 2.45) is 40.1 Å². The molecule has 0 bridgehead atoms. The zero-order valence-corrected chi connectivity index (χ0v) is 39.6. The summed E-state index contributed by atoms with van der Waals surface area (Å²) in [5.41, 5.74) is 2.85. The van der Waals surface area contributed by atoms with Crippen molar-refractivity contribution >= 4 is 40.3 Å². The molecule has 1 heterocycles. The Kier molecular flexibility index (Phi) is 15.6. The zero-order valence-electron chi connectivity index (χ0n) is 39.6. The Bertz CT molecular complexity index is 1820. The third-order valence-electron chi connectivity index (χ3n) is 17.3. The predicted molar refractivity (Wildman–Crippen MR) is 258 cm³/mol. The van der Waals surface area contributed by atoms with Crippen molar-refractivity contribution in [1.29, 1.82) is 0 Å². The fourth-order valence-corrected chi connectivity index (χ4v) is 13.0. The van der Waals surface area contributed by atoms with Crippen LogP contribution >= 0.6 is 0 Å². The van der Waals surface area contributed by atoms with E-state index >= 15 is 4.79 Å². The van der Waals surface area contributed by atoms with Crippen molar-refractivity contribution < 1.29 is 19.5 Å². The van der Waals surface area contributed by atoms with Crippen LogP contribution in [0.25, 0.3) is 5.57 Å². The maximum atomic E-state index is 15.0. The highest BCUT2D eigenvalue weighted by Gasteiger charge is 2.48. The third kappa shape index (κ3) is 10.7. The van der Waals surface area contributed by atoms with Crippen LogP contribution in [0, 0.1) is 35.0 Å². The van der Waals surface area contributed by atoms with E-state index in [0.717, 1.165) is 75.6 Å². The number of aliphatic hydroxyl groups excluding tert-OH is 1. The van der Waals surface area contributed by atoms with Gasteiger partial charge in [0.15, 0.2) is 0 Å². The first kappa shape index (κ1) is 46.1. The van der Waals surface area contributed by atoms with Gasteiger partial charge in [-0.15, -0.1) is 0 Å². The number of hydrazone groups is 1. The predicted octanol–water partition coefficient (Wildman–Crippen LogP) is 13.7. The summed E-state index contributed by atoms with van der Waals surface area (Å²) in [6, 6.07) is 6.12. The van der Waals surface area contributed by atoms with Gasteiger partial charge in [0.1, 0.15) is 5.76 Å². The molecule has 0 aromatic heterocycles. The number of ketones is 1. The minimum atomic E-state index is -0.625. The summed E-state index contributed by atoms with van der Waals surface area (Å²) >= 11 is 0. The largest absolute Gasteiger partial charge is 0.506 e. The number of carbonyl (C=O) groups excluding carboxylic acids is 3. The van der Waals surface area contributed by atoms with Crippen LogP contribution in [0.4, 0.5) is 11.4 Å². The Morgan fingerprint density at radius 1 is 0.730 bits per heavy atom. The summed E-state index contributed by atoms with van der Waals surface area (Å²) in [5.74, 6) is 2.35. The Labute approximate surface area is 380 Å². The van der Waals surface area contributed by atoms with Crippen LogP contribution in [0.2, 0.25) is 0 Å². The van der Waals surface area contributed by atoms with Crippen LogP contribution in [-0.2, 0) is 14.4 Å². The second-order valence-corrected chi connectivity index (χ2v) is 22.0. The normalized spacial score (nSPS) is 23.7. The minimum absolute atomic E-state index is 0.0361. The number of anilines is 2. The molecule has 2 N–H and O–H groups in total. The third-order valence-corrected chi connectivity index (χ3v) is 17.3. The standard InChI is InChI=1S/C55H82N4O4/c1-4-55(2,3)54(63)56-46-37-43(58(35-17-25-38-19-11-12-20-38)36-18-26-39-21-13-14-22-39)32-33-44(46)47-51(60)49(52(47)61)48-45(34-31-40-23-15-16-24-40)57-59(53(48)62)50(41-27-7-5-8-28-41)42-29-9-6-10-30-42/h32-33,37-42,50,60H,4-31,34-36H2,1-3H3,(H,56,63). The fourth-order valence-electron chi connectivity index (χ4n) is 13.0. The van der Waals surface area contributed by atoms with E-state index in [2.05, 4.69) is 22.3 Å². The Morgan fingerprint density at radius 2 is 1.24 bits per heavy atom. The smallest absolute Gasteiger partial charge is 0.277 e. The highest BCUT2D eigenvalue weighted by atomic mass is 16.3. The van der Waals surface area contributed by atoms with E-state index in [1.807, 2.05) is 31.8 Å². The molecule has 8 nitrogen and oxygen atoms in total. The molecule has 1 aliphatic heterocycles. The lowest BCUT2D eigenvalue weighted by atomic mass is 9.73. The summed E-state index contributed by atoms with van der Waals surface area (Å²) in [5, 5.41) is 22.6. The Balaban J connectivity index is 1.13. The maximum Gasteiger partial charge on any atom is 0.277 e. The highest BCUT2D eigenvalue weighted by molar-refractivity contribution is 6.44. The molecule has 8 heteroatoms. The molecular weight excluding hydrogens is 781 g/mol. The lowest BCUT2D eigenvalue weighted by Crippen LogP contribution is -2.46. The summed E-state index contributed by atoms with van der Waals surface area (Å²) in [6.45, 7) is 7.85. The molecule has 5 fully saturated rings. The Hall–Kier alpha value is -3.42. The molecule has 2 amide bonds. The zero-order chi connectivity index (χ0) is 43.9. The van der Waals surface area contributed by atoms with E-state index < -0.39 is 5.41 Å². The van der Waals surface area contributed by atoms with E-state index in [1.54, 1.807) is 0 Å². The van der Waals surface area contributed by atoms with Gasteiger partial charge < -0.3 is 15.3 Å². The molecule has 6 aliphatic carbocycles. The molecule has 63 heavy (non-hydrogen) atoms.